The Morgan fingerprint density at radius 2 is 2.10 bits per heavy atom. The lowest BCUT2D eigenvalue weighted by Gasteiger charge is -2.24. The monoisotopic (exact) mass is 305 g/mol. The van der Waals surface area contributed by atoms with Crippen molar-refractivity contribution in [1.82, 2.24) is 5.32 Å². The summed E-state index contributed by atoms with van der Waals surface area (Å²) in [6.07, 6.45) is 5.11. The van der Waals surface area contributed by atoms with E-state index in [9.17, 15) is 9.50 Å². The van der Waals surface area contributed by atoms with E-state index >= 15 is 0 Å². The molecule has 1 aliphatic carbocycles. The fourth-order valence-corrected chi connectivity index (χ4v) is 4.12. The Morgan fingerprint density at radius 1 is 1.29 bits per heavy atom. The highest BCUT2D eigenvalue weighted by atomic mass is 32.1. The van der Waals surface area contributed by atoms with Gasteiger partial charge in [-0.2, -0.15) is 0 Å². The Bertz CT molecular complexity index is 558. The van der Waals surface area contributed by atoms with Crippen LogP contribution in [0.4, 0.5) is 4.39 Å². The van der Waals surface area contributed by atoms with Crippen LogP contribution in [0.3, 0.4) is 0 Å². The summed E-state index contributed by atoms with van der Waals surface area (Å²) in [5, 5.41) is 15.2. The zero-order valence-electron chi connectivity index (χ0n) is 11.9. The van der Waals surface area contributed by atoms with Gasteiger partial charge in [0.2, 0.25) is 0 Å². The fourth-order valence-electron chi connectivity index (χ4n) is 3.22. The van der Waals surface area contributed by atoms with Gasteiger partial charge in [-0.1, -0.05) is 18.9 Å². The number of halogens is 1. The van der Waals surface area contributed by atoms with E-state index in [1.807, 2.05) is 0 Å². The van der Waals surface area contributed by atoms with Crippen molar-refractivity contribution in [3.8, 4) is 5.75 Å². The number of hydrogen-bond donors (Lipinski definition) is 2. The molecule has 1 atom stereocenters. The van der Waals surface area contributed by atoms with Gasteiger partial charge in [0.1, 0.15) is 11.6 Å². The molecule has 3 rings (SSSR count). The zero-order chi connectivity index (χ0) is 14.7. The maximum Gasteiger partial charge on any atom is 0.127 e. The van der Waals surface area contributed by atoms with Crippen LogP contribution in [0.1, 0.15) is 42.2 Å². The number of thiophene rings is 1. The molecule has 1 aromatic heterocycles. The summed E-state index contributed by atoms with van der Waals surface area (Å²) in [5.41, 5.74) is 0.784. The van der Waals surface area contributed by atoms with Crippen LogP contribution in [0.25, 0.3) is 0 Å². The predicted octanol–water partition coefficient (Wildman–Crippen LogP) is 4.61. The molecule has 1 aromatic carbocycles. The second-order valence-electron chi connectivity index (χ2n) is 5.74. The summed E-state index contributed by atoms with van der Waals surface area (Å²) >= 11 is 1.77. The minimum atomic E-state index is -0.389. The maximum atomic E-state index is 13.3. The van der Waals surface area contributed by atoms with Crippen molar-refractivity contribution in [1.29, 1.82) is 0 Å². The number of aromatic hydroxyl groups is 1. The van der Waals surface area contributed by atoms with Gasteiger partial charge in [-0.15, -0.1) is 11.3 Å². The standard InChI is InChI=1S/C17H20FNOS/c18-14-8-12(9-15(20)10-14)11-19-17(13-4-1-2-5-13)16-6-3-7-21-16/h3,6-10,13,17,19-20H,1-2,4-5,11H2. The molecule has 0 aliphatic heterocycles. The topological polar surface area (TPSA) is 32.3 Å². The third kappa shape index (κ3) is 3.63. The zero-order valence-corrected chi connectivity index (χ0v) is 12.7. The highest BCUT2D eigenvalue weighted by Crippen LogP contribution is 2.37. The Morgan fingerprint density at radius 3 is 2.76 bits per heavy atom. The van der Waals surface area contributed by atoms with Crippen molar-refractivity contribution in [3.05, 3.63) is 52.0 Å². The summed E-state index contributed by atoms with van der Waals surface area (Å²) in [6, 6.07) is 8.82. The van der Waals surface area contributed by atoms with E-state index in [-0.39, 0.29) is 11.6 Å². The van der Waals surface area contributed by atoms with E-state index < -0.39 is 0 Å². The van der Waals surface area contributed by atoms with Gasteiger partial charge < -0.3 is 10.4 Å². The number of hydrogen-bond acceptors (Lipinski definition) is 3. The van der Waals surface area contributed by atoms with Gasteiger partial charge in [-0.3, -0.25) is 0 Å². The molecular weight excluding hydrogens is 285 g/mol. The first kappa shape index (κ1) is 14.5. The molecule has 1 aliphatic rings. The average Bonchev–Trinajstić information content (AvgIpc) is 3.10. The quantitative estimate of drug-likeness (QED) is 0.845. The Labute approximate surface area is 128 Å². The summed E-state index contributed by atoms with van der Waals surface area (Å²) < 4.78 is 13.3. The van der Waals surface area contributed by atoms with E-state index in [0.29, 0.717) is 18.5 Å². The minimum Gasteiger partial charge on any atom is -0.508 e. The van der Waals surface area contributed by atoms with Crippen LogP contribution in [0.2, 0.25) is 0 Å². The molecule has 2 N–H and O–H groups in total. The van der Waals surface area contributed by atoms with E-state index in [1.54, 1.807) is 17.4 Å². The first-order valence-corrected chi connectivity index (χ1v) is 8.35. The van der Waals surface area contributed by atoms with Crippen molar-refractivity contribution in [2.45, 2.75) is 38.3 Å². The largest absolute Gasteiger partial charge is 0.508 e. The number of nitrogens with one attached hydrogen (secondary N) is 1. The minimum absolute atomic E-state index is 0.0136. The lowest BCUT2D eigenvalue weighted by Crippen LogP contribution is -2.26. The molecule has 112 valence electrons. The van der Waals surface area contributed by atoms with Gasteiger partial charge in [0.15, 0.2) is 0 Å². The molecule has 0 radical (unpaired) electrons. The molecule has 0 amide bonds. The molecule has 21 heavy (non-hydrogen) atoms. The lowest BCUT2D eigenvalue weighted by molar-refractivity contribution is 0.370. The van der Waals surface area contributed by atoms with Crippen LogP contribution in [0.15, 0.2) is 35.7 Å². The molecule has 1 saturated carbocycles. The van der Waals surface area contributed by atoms with Gasteiger partial charge in [0.05, 0.1) is 0 Å². The van der Waals surface area contributed by atoms with Crippen molar-refractivity contribution in [2.75, 3.05) is 0 Å². The molecule has 0 bridgehead atoms. The van der Waals surface area contributed by atoms with Crippen LogP contribution >= 0.6 is 11.3 Å². The highest BCUT2D eigenvalue weighted by molar-refractivity contribution is 7.10. The third-order valence-corrected chi connectivity index (χ3v) is 5.14. The Hall–Kier alpha value is -1.39. The van der Waals surface area contributed by atoms with Crippen LogP contribution < -0.4 is 5.32 Å². The molecule has 1 heterocycles. The van der Waals surface area contributed by atoms with E-state index in [0.717, 1.165) is 11.6 Å². The van der Waals surface area contributed by atoms with Crippen LogP contribution in [0, 0.1) is 11.7 Å². The van der Waals surface area contributed by atoms with Crippen LogP contribution in [-0.4, -0.2) is 5.11 Å². The van der Waals surface area contributed by atoms with Crippen molar-refractivity contribution in [2.24, 2.45) is 5.92 Å². The summed E-state index contributed by atoms with van der Waals surface area (Å²) in [5.74, 6) is 0.256. The van der Waals surface area contributed by atoms with Gasteiger partial charge in [0.25, 0.3) is 0 Å². The van der Waals surface area contributed by atoms with E-state index in [2.05, 4.69) is 22.8 Å². The molecule has 0 spiro atoms. The van der Waals surface area contributed by atoms with Crippen LogP contribution in [0.5, 0.6) is 5.75 Å². The van der Waals surface area contributed by atoms with Crippen molar-refractivity contribution < 1.29 is 9.50 Å². The van der Waals surface area contributed by atoms with E-state index in [4.69, 9.17) is 0 Å². The van der Waals surface area contributed by atoms with E-state index in [1.165, 1.54) is 36.6 Å². The van der Waals surface area contributed by atoms with Crippen LogP contribution in [-0.2, 0) is 6.54 Å². The summed E-state index contributed by atoms with van der Waals surface area (Å²) in [7, 11) is 0. The fraction of sp³-hybridized carbons (Fsp3) is 0.412. The molecule has 2 aromatic rings. The lowest BCUT2D eigenvalue weighted by atomic mass is 9.96. The van der Waals surface area contributed by atoms with Gasteiger partial charge in [0, 0.05) is 23.5 Å². The number of phenols is 1. The molecule has 2 nitrogen and oxygen atoms in total. The summed E-state index contributed by atoms with van der Waals surface area (Å²) in [4.78, 5) is 1.35. The average molecular weight is 305 g/mol. The van der Waals surface area contributed by atoms with Gasteiger partial charge in [-0.25, -0.2) is 4.39 Å². The van der Waals surface area contributed by atoms with Gasteiger partial charge in [-0.05, 0) is 47.9 Å². The van der Waals surface area contributed by atoms with Crippen molar-refractivity contribution >= 4 is 11.3 Å². The highest BCUT2D eigenvalue weighted by Gasteiger charge is 2.26. The molecule has 4 heteroatoms. The third-order valence-electron chi connectivity index (χ3n) is 4.19. The van der Waals surface area contributed by atoms with Crippen molar-refractivity contribution in [3.63, 3.8) is 0 Å². The number of phenolic OH excluding ortho intramolecular Hbond substituents is 1. The smallest absolute Gasteiger partial charge is 0.127 e. The van der Waals surface area contributed by atoms with Gasteiger partial charge >= 0.3 is 0 Å². The Kier molecular flexibility index (Phi) is 4.56. The molecular formula is C17H20FNOS. The molecule has 1 fully saturated rings. The first-order valence-electron chi connectivity index (χ1n) is 7.47. The first-order chi connectivity index (χ1) is 10.2. The number of benzene rings is 1. The second kappa shape index (κ2) is 6.58. The summed E-state index contributed by atoms with van der Waals surface area (Å²) in [6.45, 7) is 0.574. The normalized spacial score (nSPS) is 17.2. The Balaban J connectivity index is 1.72. The second-order valence-corrected chi connectivity index (χ2v) is 6.72. The molecule has 1 unspecified atom stereocenters. The SMILES string of the molecule is Oc1cc(F)cc(CNC(c2cccs2)C2CCCC2)c1. The number of rotatable bonds is 5. The molecule has 0 saturated heterocycles. The maximum absolute atomic E-state index is 13.3. The predicted molar refractivity (Wildman–Crippen MR) is 83.9 cm³/mol.